The molecule has 0 saturated carbocycles. The van der Waals surface area contributed by atoms with Crippen LogP contribution in [0, 0.1) is 0 Å². The molecule has 0 aliphatic carbocycles. The minimum atomic E-state index is -1.41. The molecule has 0 spiro atoms. The number of nitrogens with zero attached hydrogens (tertiary/aromatic N) is 1. The Kier molecular flexibility index (Phi) is 10.7. The molecule has 12 heteroatoms. The molecule has 3 amide bonds. The summed E-state index contributed by atoms with van der Waals surface area (Å²) in [7, 11) is 0. The molecule has 30 heavy (non-hydrogen) atoms. The summed E-state index contributed by atoms with van der Waals surface area (Å²) in [6.45, 7) is 1.29. The van der Waals surface area contributed by atoms with Crippen molar-refractivity contribution in [2.24, 2.45) is 11.5 Å². The standard InChI is InChI=1S/C18H33N5O7/c1-10(25)14(22-15(26)11(20)9-24)16(27)21-12(5-2-3-7-19)17(28)23-8-4-6-13(23)18(29)30/h10-14,24-25H,2-9,19-20H2,1H3,(H,21,27)(H,22,26)(H,29,30). The van der Waals surface area contributed by atoms with E-state index >= 15 is 0 Å². The normalized spacial score (nSPS) is 20.2. The summed E-state index contributed by atoms with van der Waals surface area (Å²) in [5.41, 5.74) is 10.9. The van der Waals surface area contributed by atoms with Gasteiger partial charge in [-0.2, -0.15) is 0 Å². The zero-order chi connectivity index (χ0) is 22.8. The number of nitrogens with one attached hydrogen (secondary N) is 2. The highest BCUT2D eigenvalue weighted by Crippen LogP contribution is 2.20. The first kappa shape index (κ1) is 25.8. The first-order chi connectivity index (χ1) is 14.1. The second-order valence-corrected chi connectivity index (χ2v) is 7.39. The molecule has 1 aliphatic heterocycles. The number of aliphatic hydroxyl groups is 2. The topological polar surface area (TPSA) is 208 Å². The Balaban J connectivity index is 2.95. The Morgan fingerprint density at radius 2 is 1.83 bits per heavy atom. The molecule has 9 N–H and O–H groups in total. The minimum Gasteiger partial charge on any atom is -0.480 e. The lowest BCUT2D eigenvalue weighted by molar-refractivity contribution is -0.149. The van der Waals surface area contributed by atoms with Crippen molar-refractivity contribution in [3.05, 3.63) is 0 Å². The summed E-state index contributed by atoms with van der Waals surface area (Å²) in [5.74, 6) is -3.30. The number of likely N-dealkylation sites (tertiary alicyclic amines) is 1. The highest BCUT2D eigenvalue weighted by Gasteiger charge is 2.38. The van der Waals surface area contributed by atoms with Crippen LogP contribution in [0.1, 0.15) is 39.0 Å². The van der Waals surface area contributed by atoms with Crippen LogP contribution in [0.4, 0.5) is 0 Å². The van der Waals surface area contributed by atoms with Gasteiger partial charge in [-0.25, -0.2) is 4.79 Å². The zero-order valence-electron chi connectivity index (χ0n) is 17.1. The molecule has 172 valence electrons. The van der Waals surface area contributed by atoms with Gasteiger partial charge in [0.1, 0.15) is 24.2 Å². The molecule has 5 atom stereocenters. The highest BCUT2D eigenvalue weighted by atomic mass is 16.4. The van der Waals surface area contributed by atoms with Crippen molar-refractivity contribution in [2.45, 2.75) is 69.3 Å². The van der Waals surface area contributed by atoms with Crippen molar-refractivity contribution in [3.63, 3.8) is 0 Å². The molecule has 1 rings (SSSR count). The van der Waals surface area contributed by atoms with Crippen LogP contribution in [0.2, 0.25) is 0 Å². The molecule has 0 aromatic carbocycles. The molecule has 1 saturated heterocycles. The van der Waals surface area contributed by atoms with Crippen LogP contribution in [0.3, 0.4) is 0 Å². The van der Waals surface area contributed by atoms with Crippen molar-refractivity contribution in [1.82, 2.24) is 15.5 Å². The van der Waals surface area contributed by atoms with Crippen LogP contribution in [-0.4, -0.2) is 93.9 Å². The second kappa shape index (κ2) is 12.4. The predicted octanol–water partition coefficient (Wildman–Crippen LogP) is -3.14. The SMILES string of the molecule is CC(O)C(NC(=O)C(N)CO)C(=O)NC(CCCCN)C(=O)N1CCCC1C(=O)O. The van der Waals surface area contributed by atoms with E-state index in [0.29, 0.717) is 32.2 Å². The third-order valence-electron chi connectivity index (χ3n) is 4.98. The Labute approximate surface area is 175 Å². The van der Waals surface area contributed by atoms with Crippen molar-refractivity contribution in [2.75, 3.05) is 19.7 Å². The van der Waals surface area contributed by atoms with Gasteiger partial charge in [-0.15, -0.1) is 0 Å². The van der Waals surface area contributed by atoms with Crippen molar-refractivity contribution in [3.8, 4) is 0 Å². The Morgan fingerprint density at radius 3 is 2.37 bits per heavy atom. The first-order valence-corrected chi connectivity index (χ1v) is 10.0. The van der Waals surface area contributed by atoms with Crippen molar-refractivity contribution in [1.29, 1.82) is 0 Å². The lowest BCUT2D eigenvalue weighted by Crippen LogP contribution is -2.60. The number of aliphatic hydroxyl groups excluding tert-OH is 2. The van der Waals surface area contributed by atoms with Gasteiger partial charge in [0.2, 0.25) is 17.7 Å². The number of aliphatic carboxylic acids is 1. The van der Waals surface area contributed by atoms with E-state index in [9.17, 15) is 29.4 Å². The molecular weight excluding hydrogens is 398 g/mol. The van der Waals surface area contributed by atoms with E-state index in [2.05, 4.69) is 10.6 Å². The quantitative estimate of drug-likeness (QED) is 0.155. The predicted molar refractivity (Wildman–Crippen MR) is 106 cm³/mol. The summed E-state index contributed by atoms with van der Waals surface area (Å²) >= 11 is 0. The van der Waals surface area contributed by atoms with Crippen LogP contribution in [-0.2, 0) is 19.2 Å². The molecule has 0 aromatic heterocycles. The molecule has 1 fully saturated rings. The van der Waals surface area contributed by atoms with Gasteiger partial charge in [-0.3, -0.25) is 14.4 Å². The van der Waals surface area contributed by atoms with E-state index in [0.717, 1.165) is 0 Å². The van der Waals surface area contributed by atoms with Crippen LogP contribution in [0.25, 0.3) is 0 Å². The van der Waals surface area contributed by atoms with Gasteiger partial charge in [0.25, 0.3) is 0 Å². The number of unbranched alkanes of at least 4 members (excludes halogenated alkanes) is 1. The number of carbonyl (C=O) groups excluding carboxylic acids is 3. The van der Waals surface area contributed by atoms with Gasteiger partial charge in [-0.1, -0.05) is 0 Å². The lowest BCUT2D eigenvalue weighted by Gasteiger charge is -2.29. The summed E-state index contributed by atoms with van der Waals surface area (Å²) in [6.07, 6.45) is 0.900. The number of rotatable bonds is 12. The summed E-state index contributed by atoms with van der Waals surface area (Å²) in [4.78, 5) is 50.2. The number of carboxylic acids is 1. The fourth-order valence-electron chi connectivity index (χ4n) is 3.25. The van der Waals surface area contributed by atoms with Crippen molar-refractivity contribution >= 4 is 23.7 Å². The number of carboxylic acid groups (broad SMARTS) is 1. The average Bonchev–Trinajstić information content (AvgIpc) is 3.19. The lowest BCUT2D eigenvalue weighted by atomic mass is 10.1. The Hall–Kier alpha value is -2.28. The maximum atomic E-state index is 13.0. The monoisotopic (exact) mass is 431 g/mol. The van der Waals surface area contributed by atoms with Crippen LogP contribution in [0.5, 0.6) is 0 Å². The molecule has 0 bridgehead atoms. The van der Waals surface area contributed by atoms with Gasteiger partial charge >= 0.3 is 5.97 Å². The summed E-state index contributed by atoms with van der Waals surface area (Å²) < 4.78 is 0. The number of carbonyl (C=O) groups is 4. The Morgan fingerprint density at radius 1 is 1.17 bits per heavy atom. The van der Waals surface area contributed by atoms with Gasteiger partial charge in [0.05, 0.1) is 12.7 Å². The molecule has 12 nitrogen and oxygen atoms in total. The molecule has 0 aromatic rings. The number of nitrogens with two attached hydrogens (primary N) is 2. The van der Waals surface area contributed by atoms with E-state index in [-0.39, 0.29) is 13.0 Å². The van der Waals surface area contributed by atoms with Crippen LogP contribution >= 0.6 is 0 Å². The number of hydrogen-bond donors (Lipinski definition) is 7. The van der Waals surface area contributed by atoms with E-state index in [4.69, 9.17) is 16.6 Å². The smallest absolute Gasteiger partial charge is 0.326 e. The molecular formula is C18H33N5O7. The fourth-order valence-corrected chi connectivity index (χ4v) is 3.25. The average molecular weight is 431 g/mol. The van der Waals surface area contributed by atoms with Crippen LogP contribution < -0.4 is 22.1 Å². The fraction of sp³-hybridized carbons (Fsp3) is 0.778. The highest BCUT2D eigenvalue weighted by molar-refractivity contribution is 5.94. The van der Waals surface area contributed by atoms with E-state index in [1.807, 2.05) is 0 Å². The zero-order valence-corrected chi connectivity index (χ0v) is 17.1. The van der Waals surface area contributed by atoms with E-state index in [1.54, 1.807) is 0 Å². The summed E-state index contributed by atoms with van der Waals surface area (Å²) in [6, 6.07) is -4.68. The van der Waals surface area contributed by atoms with Gasteiger partial charge < -0.3 is 42.3 Å². The number of hydrogen-bond acceptors (Lipinski definition) is 8. The minimum absolute atomic E-state index is 0.223. The van der Waals surface area contributed by atoms with Gasteiger partial charge in [0.15, 0.2) is 0 Å². The molecule has 0 radical (unpaired) electrons. The second-order valence-electron chi connectivity index (χ2n) is 7.39. The first-order valence-electron chi connectivity index (χ1n) is 10.0. The van der Waals surface area contributed by atoms with Crippen LogP contribution in [0.15, 0.2) is 0 Å². The number of amides is 3. The van der Waals surface area contributed by atoms with E-state index < -0.39 is 60.6 Å². The molecule has 1 heterocycles. The maximum absolute atomic E-state index is 13.0. The third kappa shape index (κ3) is 7.20. The van der Waals surface area contributed by atoms with E-state index in [1.165, 1.54) is 11.8 Å². The Bertz CT molecular complexity index is 616. The molecule has 5 unspecified atom stereocenters. The summed E-state index contributed by atoms with van der Waals surface area (Å²) in [5, 5.41) is 33.0. The molecule has 1 aliphatic rings. The van der Waals surface area contributed by atoms with Gasteiger partial charge in [0, 0.05) is 6.54 Å². The van der Waals surface area contributed by atoms with Crippen molar-refractivity contribution < 1.29 is 34.5 Å². The largest absolute Gasteiger partial charge is 0.480 e. The third-order valence-corrected chi connectivity index (χ3v) is 4.98. The van der Waals surface area contributed by atoms with Gasteiger partial charge in [-0.05, 0) is 45.6 Å². The maximum Gasteiger partial charge on any atom is 0.326 e.